The van der Waals surface area contributed by atoms with E-state index < -0.39 is 7.67 Å². The lowest BCUT2D eigenvalue weighted by atomic mass is 10.3. The molecule has 0 N–H and O–H groups in total. The highest BCUT2D eigenvalue weighted by molar-refractivity contribution is 7.55. The number of hydrogen-bond acceptors (Lipinski definition) is 2. The summed E-state index contributed by atoms with van der Waals surface area (Å²) in [7, 11) is -2.81. The lowest BCUT2D eigenvalue weighted by molar-refractivity contribution is 0.400. The average molecular weight is 252 g/mol. The quantitative estimate of drug-likeness (QED) is 0.609. The van der Waals surface area contributed by atoms with E-state index in [0.29, 0.717) is 17.8 Å². The van der Waals surface area contributed by atoms with Crippen molar-refractivity contribution in [2.75, 3.05) is 13.1 Å². The summed E-state index contributed by atoms with van der Waals surface area (Å²) >= 11 is 0. The summed E-state index contributed by atoms with van der Waals surface area (Å²) in [5, 5.41) is 0. The first kappa shape index (κ1) is 11.3. The molecule has 4 nitrogen and oxygen atoms in total. The van der Waals surface area contributed by atoms with E-state index in [1.54, 1.807) is 0 Å². The third kappa shape index (κ3) is 2.01. The van der Waals surface area contributed by atoms with Crippen LogP contribution in [0.3, 0.4) is 0 Å². The molecule has 0 amide bonds. The van der Waals surface area contributed by atoms with Crippen LogP contribution in [0.4, 0.5) is 0 Å². The van der Waals surface area contributed by atoms with Crippen LogP contribution in [0.5, 0.6) is 5.75 Å². The van der Waals surface area contributed by atoms with Crippen molar-refractivity contribution in [3.63, 3.8) is 0 Å². The van der Waals surface area contributed by atoms with E-state index in [4.69, 9.17) is 4.52 Å². The lowest BCUT2D eigenvalue weighted by Crippen LogP contribution is -2.13. The van der Waals surface area contributed by atoms with E-state index in [-0.39, 0.29) is 0 Å². The Labute approximate surface area is 102 Å². The highest BCUT2D eigenvalue weighted by atomic mass is 31.2. The molecule has 4 unspecified atom stereocenters. The number of nitrogens with zero attached hydrogens (tertiary/aromatic N) is 2. The van der Waals surface area contributed by atoms with Gasteiger partial charge in [-0.05, 0) is 26.0 Å². The molecule has 0 radical (unpaired) electrons. The molecule has 1 aromatic rings. The smallest absolute Gasteiger partial charge is 0.396 e. The third-order valence-electron chi connectivity index (χ3n) is 3.27. The molecule has 0 spiro atoms. The monoisotopic (exact) mass is 252 g/mol. The summed E-state index contributed by atoms with van der Waals surface area (Å²) in [5.74, 6) is 0.689. The zero-order valence-corrected chi connectivity index (χ0v) is 11.0. The van der Waals surface area contributed by atoms with Crippen molar-refractivity contribution >= 4 is 7.67 Å². The van der Waals surface area contributed by atoms with Gasteiger partial charge in [0.2, 0.25) is 0 Å². The maximum Gasteiger partial charge on any atom is 0.396 e. The van der Waals surface area contributed by atoms with Crippen LogP contribution < -0.4 is 4.52 Å². The van der Waals surface area contributed by atoms with E-state index in [2.05, 4.69) is 13.8 Å². The zero-order valence-electron chi connectivity index (χ0n) is 10.1. The Morgan fingerprint density at radius 3 is 2.00 bits per heavy atom. The summed E-state index contributed by atoms with van der Waals surface area (Å²) in [6, 6.07) is 10.2. The first-order valence-corrected chi connectivity index (χ1v) is 7.53. The molecule has 0 bridgehead atoms. The molecular weight excluding hydrogens is 235 g/mol. The van der Waals surface area contributed by atoms with Crippen molar-refractivity contribution in [2.24, 2.45) is 0 Å². The molecule has 17 heavy (non-hydrogen) atoms. The van der Waals surface area contributed by atoms with Gasteiger partial charge in [-0.15, -0.1) is 0 Å². The topological polar surface area (TPSA) is 32.3 Å². The second-order valence-electron chi connectivity index (χ2n) is 4.84. The summed E-state index contributed by atoms with van der Waals surface area (Å²) in [5.41, 5.74) is 0. The maximum absolute atomic E-state index is 13.0. The number of rotatable bonds is 4. The van der Waals surface area contributed by atoms with E-state index in [9.17, 15) is 4.57 Å². The predicted molar refractivity (Wildman–Crippen MR) is 67.0 cm³/mol. The molecule has 2 saturated heterocycles. The summed E-state index contributed by atoms with van der Waals surface area (Å²) in [6.07, 6.45) is 0. The van der Waals surface area contributed by atoms with E-state index in [1.807, 2.05) is 39.7 Å². The standard InChI is InChI=1S/C12H17N2O2P/c1-10-8-13(10)17(15,14-9-11(14)2)16-12-6-4-3-5-7-12/h3-7,10-11H,8-9H2,1-2H3. The molecule has 2 aliphatic rings. The van der Waals surface area contributed by atoms with E-state index >= 15 is 0 Å². The minimum atomic E-state index is -2.81. The van der Waals surface area contributed by atoms with Gasteiger partial charge in [0, 0.05) is 25.2 Å². The van der Waals surface area contributed by atoms with Crippen LogP contribution in [0, 0.1) is 0 Å². The Morgan fingerprint density at radius 2 is 1.59 bits per heavy atom. The molecule has 0 saturated carbocycles. The third-order valence-corrected chi connectivity index (χ3v) is 6.13. The van der Waals surface area contributed by atoms with Gasteiger partial charge in [0.1, 0.15) is 5.75 Å². The highest BCUT2D eigenvalue weighted by Gasteiger charge is 2.57. The van der Waals surface area contributed by atoms with Gasteiger partial charge in [0.05, 0.1) is 0 Å². The molecule has 1 aromatic carbocycles. The van der Waals surface area contributed by atoms with Gasteiger partial charge in [-0.3, -0.25) is 0 Å². The second kappa shape index (κ2) is 3.84. The van der Waals surface area contributed by atoms with Gasteiger partial charge in [-0.2, -0.15) is 0 Å². The number of hydrogen-bond donors (Lipinski definition) is 0. The Bertz CT molecular complexity index is 445. The van der Waals surface area contributed by atoms with Crippen molar-refractivity contribution in [1.82, 2.24) is 9.34 Å². The fraction of sp³-hybridized carbons (Fsp3) is 0.500. The van der Waals surface area contributed by atoms with Crippen molar-refractivity contribution in [3.05, 3.63) is 30.3 Å². The average Bonchev–Trinajstić information content (AvgIpc) is 3.19. The Balaban J connectivity index is 1.83. The Kier molecular flexibility index (Phi) is 2.54. The molecule has 3 rings (SSSR count). The maximum atomic E-state index is 13.0. The molecule has 0 aromatic heterocycles. The first-order chi connectivity index (χ1) is 8.11. The van der Waals surface area contributed by atoms with Crippen molar-refractivity contribution in [3.8, 4) is 5.75 Å². The van der Waals surface area contributed by atoms with E-state index in [0.717, 1.165) is 13.1 Å². The molecule has 4 atom stereocenters. The lowest BCUT2D eigenvalue weighted by Gasteiger charge is -2.21. The van der Waals surface area contributed by atoms with Gasteiger partial charge < -0.3 is 4.52 Å². The fourth-order valence-corrected chi connectivity index (χ4v) is 4.81. The molecule has 0 aliphatic carbocycles. The van der Waals surface area contributed by atoms with Gasteiger partial charge in [0.15, 0.2) is 0 Å². The molecule has 2 fully saturated rings. The summed E-state index contributed by atoms with van der Waals surface area (Å²) in [4.78, 5) is 0. The van der Waals surface area contributed by atoms with Crippen LogP contribution in [0.25, 0.3) is 0 Å². The SMILES string of the molecule is CC1CN1P(=O)(Oc1ccccc1)N1CC1C. The summed E-state index contributed by atoms with van der Waals surface area (Å²) < 4.78 is 22.7. The Hall–Kier alpha value is -0.830. The number of benzene rings is 1. The largest absolute Gasteiger partial charge is 0.422 e. The van der Waals surface area contributed by atoms with Crippen LogP contribution >= 0.6 is 7.67 Å². The molecule has 2 heterocycles. The minimum Gasteiger partial charge on any atom is -0.422 e. The van der Waals surface area contributed by atoms with Crippen LogP contribution in [0.2, 0.25) is 0 Å². The Morgan fingerprint density at radius 1 is 1.12 bits per heavy atom. The first-order valence-electron chi connectivity index (χ1n) is 6.00. The normalized spacial score (nSPS) is 38.2. The zero-order chi connectivity index (χ0) is 12.0. The fourth-order valence-electron chi connectivity index (χ4n) is 2.02. The van der Waals surface area contributed by atoms with Crippen molar-refractivity contribution in [2.45, 2.75) is 25.9 Å². The highest BCUT2D eigenvalue weighted by Crippen LogP contribution is 2.64. The molecule has 5 heteroatoms. The molecule has 92 valence electrons. The van der Waals surface area contributed by atoms with E-state index in [1.165, 1.54) is 0 Å². The van der Waals surface area contributed by atoms with Gasteiger partial charge in [-0.1, -0.05) is 18.2 Å². The molecule has 2 aliphatic heterocycles. The van der Waals surface area contributed by atoms with Crippen LogP contribution in [-0.4, -0.2) is 34.5 Å². The van der Waals surface area contributed by atoms with Gasteiger partial charge in [0.25, 0.3) is 0 Å². The summed E-state index contributed by atoms with van der Waals surface area (Å²) in [6.45, 7) is 5.89. The predicted octanol–water partition coefficient (Wildman–Crippen LogP) is 2.58. The van der Waals surface area contributed by atoms with Gasteiger partial charge in [-0.25, -0.2) is 13.9 Å². The van der Waals surface area contributed by atoms with Gasteiger partial charge >= 0.3 is 7.67 Å². The second-order valence-corrected chi connectivity index (χ2v) is 7.03. The van der Waals surface area contributed by atoms with Crippen molar-refractivity contribution in [1.29, 1.82) is 0 Å². The minimum absolute atomic E-state index is 0.373. The molecular formula is C12H17N2O2P. The number of para-hydroxylation sites is 1. The van der Waals surface area contributed by atoms with Crippen LogP contribution in [-0.2, 0) is 4.57 Å². The van der Waals surface area contributed by atoms with Crippen LogP contribution in [0.1, 0.15) is 13.8 Å². The van der Waals surface area contributed by atoms with Crippen molar-refractivity contribution < 1.29 is 9.09 Å². The van der Waals surface area contributed by atoms with Crippen LogP contribution in [0.15, 0.2) is 30.3 Å².